The Kier molecular flexibility index (Phi) is 3.65. The zero-order chi connectivity index (χ0) is 9.57. The van der Waals surface area contributed by atoms with Crippen molar-refractivity contribution in [2.45, 2.75) is 13.8 Å². The SMILES string of the molecule is CC=CC[N+]1(CC=CC)C=CN=C1. The first kappa shape index (κ1) is 9.93. The van der Waals surface area contributed by atoms with Gasteiger partial charge in [-0.25, -0.2) is 9.48 Å². The highest BCUT2D eigenvalue weighted by molar-refractivity contribution is 5.51. The highest BCUT2D eigenvalue weighted by Crippen LogP contribution is 2.11. The van der Waals surface area contributed by atoms with E-state index in [0.29, 0.717) is 0 Å². The molecule has 0 aromatic heterocycles. The molecular formula is C11H17N2+. The van der Waals surface area contributed by atoms with Crippen molar-refractivity contribution < 1.29 is 4.48 Å². The summed E-state index contributed by atoms with van der Waals surface area (Å²) >= 11 is 0. The van der Waals surface area contributed by atoms with Crippen LogP contribution < -0.4 is 0 Å². The van der Waals surface area contributed by atoms with Crippen molar-refractivity contribution in [2.24, 2.45) is 4.99 Å². The van der Waals surface area contributed by atoms with Gasteiger partial charge in [0.05, 0.1) is 6.20 Å². The van der Waals surface area contributed by atoms with E-state index in [1.165, 1.54) is 0 Å². The highest BCUT2D eigenvalue weighted by atomic mass is 15.4. The normalized spacial score (nSPS) is 26.9. The van der Waals surface area contributed by atoms with Crippen LogP contribution >= 0.6 is 0 Å². The lowest BCUT2D eigenvalue weighted by atomic mass is 10.3. The molecule has 13 heavy (non-hydrogen) atoms. The maximum Gasteiger partial charge on any atom is 0.195 e. The van der Waals surface area contributed by atoms with Crippen molar-refractivity contribution in [1.29, 1.82) is 0 Å². The molecule has 0 saturated heterocycles. The molecule has 2 nitrogen and oxygen atoms in total. The molecule has 0 unspecified atom stereocenters. The van der Waals surface area contributed by atoms with Gasteiger partial charge in [0.1, 0.15) is 19.3 Å². The fraction of sp³-hybridized carbons (Fsp3) is 0.364. The molecule has 0 amide bonds. The Morgan fingerprint density at radius 3 is 2.15 bits per heavy atom. The molecule has 0 spiro atoms. The number of nitrogens with zero attached hydrogens (tertiary/aromatic N) is 2. The molecule has 1 aliphatic rings. The summed E-state index contributed by atoms with van der Waals surface area (Å²) < 4.78 is 0.814. The second-order valence-corrected chi connectivity index (χ2v) is 3.17. The first-order chi connectivity index (χ1) is 6.33. The first-order valence-corrected chi connectivity index (χ1v) is 4.64. The Labute approximate surface area is 80.2 Å². The van der Waals surface area contributed by atoms with Gasteiger partial charge in [-0.1, -0.05) is 12.2 Å². The molecule has 0 atom stereocenters. The van der Waals surface area contributed by atoms with Crippen LogP contribution in [0.15, 0.2) is 41.7 Å². The summed E-state index contributed by atoms with van der Waals surface area (Å²) in [5, 5.41) is 0. The number of quaternary nitrogens is 1. The Bertz CT molecular complexity index is 231. The van der Waals surface area contributed by atoms with Gasteiger partial charge in [0.25, 0.3) is 0 Å². The molecule has 0 fully saturated rings. The molecule has 0 aromatic carbocycles. The van der Waals surface area contributed by atoms with Crippen molar-refractivity contribution in [2.75, 3.05) is 13.1 Å². The summed E-state index contributed by atoms with van der Waals surface area (Å²) in [6, 6.07) is 0. The Morgan fingerprint density at radius 2 is 1.77 bits per heavy atom. The molecule has 1 aliphatic heterocycles. The maximum atomic E-state index is 4.14. The van der Waals surface area contributed by atoms with Gasteiger partial charge in [0.2, 0.25) is 0 Å². The maximum absolute atomic E-state index is 4.14. The molecule has 70 valence electrons. The van der Waals surface area contributed by atoms with E-state index in [0.717, 1.165) is 17.6 Å². The van der Waals surface area contributed by atoms with Crippen LogP contribution in [0.3, 0.4) is 0 Å². The monoisotopic (exact) mass is 177 g/mol. The van der Waals surface area contributed by atoms with Gasteiger partial charge in [-0.05, 0) is 26.0 Å². The molecular weight excluding hydrogens is 160 g/mol. The Balaban J connectivity index is 2.64. The van der Waals surface area contributed by atoms with Crippen LogP contribution in [0, 0.1) is 0 Å². The van der Waals surface area contributed by atoms with Gasteiger partial charge in [0, 0.05) is 0 Å². The topological polar surface area (TPSA) is 12.4 Å². The second-order valence-electron chi connectivity index (χ2n) is 3.17. The lowest BCUT2D eigenvalue weighted by Crippen LogP contribution is -2.39. The molecule has 2 heteroatoms. The average Bonchev–Trinajstić information content (AvgIpc) is 2.61. The highest BCUT2D eigenvalue weighted by Gasteiger charge is 2.22. The van der Waals surface area contributed by atoms with E-state index in [1.54, 1.807) is 0 Å². The summed E-state index contributed by atoms with van der Waals surface area (Å²) in [5.41, 5.74) is 0. The first-order valence-electron chi connectivity index (χ1n) is 4.64. The van der Waals surface area contributed by atoms with E-state index in [2.05, 4.69) is 35.5 Å². The lowest BCUT2D eigenvalue weighted by Gasteiger charge is -2.24. The smallest absolute Gasteiger partial charge is 0.195 e. The van der Waals surface area contributed by atoms with E-state index < -0.39 is 0 Å². The molecule has 1 rings (SSSR count). The standard InChI is InChI=1S/C11H17N2/c1-3-5-8-13(9-6-4-2)10-7-12-11-13/h3-7,10-11H,8-9H2,1-2H3/q+1. The zero-order valence-electron chi connectivity index (χ0n) is 8.35. The molecule has 0 bridgehead atoms. The number of aliphatic imine (C=N–C) groups is 1. The largest absolute Gasteiger partial charge is 0.247 e. The zero-order valence-corrected chi connectivity index (χ0v) is 8.35. The van der Waals surface area contributed by atoms with E-state index in [-0.39, 0.29) is 0 Å². The summed E-state index contributed by atoms with van der Waals surface area (Å²) in [4.78, 5) is 4.14. The third kappa shape index (κ3) is 2.67. The summed E-state index contributed by atoms with van der Waals surface area (Å²) in [6.45, 7) is 6.06. The van der Waals surface area contributed by atoms with Gasteiger partial charge < -0.3 is 0 Å². The van der Waals surface area contributed by atoms with E-state index in [1.807, 2.05) is 26.4 Å². The van der Waals surface area contributed by atoms with Crippen LogP contribution in [-0.4, -0.2) is 23.9 Å². The van der Waals surface area contributed by atoms with Crippen molar-refractivity contribution in [1.82, 2.24) is 0 Å². The fourth-order valence-electron chi connectivity index (χ4n) is 1.27. The van der Waals surface area contributed by atoms with Crippen LogP contribution in [0.2, 0.25) is 0 Å². The van der Waals surface area contributed by atoms with Gasteiger partial charge in [-0.2, -0.15) is 0 Å². The minimum atomic E-state index is 0.814. The summed E-state index contributed by atoms with van der Waals surface area (Å²) in [6.07, 6.45) is 14.5. The lowest BCUT2D eigenvalue weighted by molar-refractivity contribution is -0.765. The third-order valence-corrected chi connectivity index (χ3v) is 2.11. The van der Waals surface area contributed by atoms with Crippen LogP contribution in [0.4, 0.5) is 0 Å². The van der Waals surface area contributed by atoms with Crippen LogP contribution in [0.25, 0.3) is 0 Å². The number of hydrogen-bond acceptors (Lipinski definition) is 1. The van der Waals surface area contributed by atoms with Crippen LogP contribution in [0.5, 0.6) is 0 Å². The van der Waals surface area contributed by atoms with E-state index >= 15 is 0 Å². The molecule has 0 N–H and O–H groups in total. The Hall–Kier alpha value is -1.15. The van der Waals surface area contributed by atoms with E-state index in [4.69, 9.17) is 0 Å². The van der Waals surface area contributed by atoms with Gasteiger partial charge in [-0.15, -0.1) is 0 Å². The van der Waals surface area contributed by atoms with E-state index in [9.17, 15) is 0 Å². The summed E-state index contributed by atoms with van der Waals surface area (Å²) in [5.74, 6) is 0. The third-order valence-electron chi connectivity index (χ3n) is 2.11. The van der Waals surface area contributed by atoms with Crippen molar-refractivity contribution >= 4 is 6.34 Å². The van der Waals surface area contributed by atoms with Crippen molar-refractivity contribution in [3.63, 3.8) is 0 Å². The number of rotatable bonds is 4. The second kappa shape index (κ2) is 4.77. The molecule has 1 heterocycles. The molecule has 0 saturated carbocycles. The predicted molar refractivity (Wildman–Crippen MR) is 57.3 cm³/mol. The minimum absolute atomic E-state index is 0.814. The number of allylic oxidation sites excluding steroid dienone is 2. The Morgan fingerprint density at radius 1 is 1.15 bits per heavy atom. The van der Waals surface area contributed by atoms with Gasteiger partial charge in [-0.3, -0.25) is 0 Å². The molecule has 0 aromatic rings. The predicted octanol–water partition coefficient (Wildman–Crippen LogP) is 2.47. The van der Waals surface area contributed by atoms with Gasteiger partial charge >= 0.3 is 0 Å². The number of hydrogen-bond donors (Lipinski definition) is 0. The van der Waals surface area contributed by atoms with Crippen molar-refractivity contribution in [3.05, 3.63) is 36.7 Å². The van der Waals surface area contributed by atoms with Gasteiger partial charge in [0.15, 0.2) is 6.34 Å². The molecule has 0 radical (unpaired) electrons. The average molecular weight is 177 g/mol. The van der Waals surface area contributed by atoms with Crippen LogP contribution in [-0.2, 0) is 0 Å². The molecule has 0 aliphatic carbocycles. The van der Waals surface area contributed by atoms with Crippen molar-refractivity contribution in [3.8, 4) is 0 Å². The fourth-order valence-corrected chi connectivity index (χ4v) is 1.27. The van der Waals surface area contributed by atoms with Crippen LogP contribution in [0.1, 0.15) is 13.8 Å². The summed E-state index contributed by atoms with van der Waals surface area (Å²) in [7, 11) is 0. The quantitative estimate of drug-likeness (QED) is 0.462. The minimum Gasteiger partial charge on any atom is -0.247 e.